The molecular weight excluding hydrogens is 448 g/mol. The third kappa shape index (κ3) is 27.3. The molecule has 0 saturated heterocycles. The molecule has 0 aliphatic carbocycles. The minimum Gasteiger partial charge on any atom is -0.481 e. The Labute approximate surface area is 224 Å². The van der Waals surface area contributed by atoms with Gasteiger partial charge in [-0.1, -0.05) is 122 Å². The number of carboxylic acids is 1. The predicted molar refractivity (Wildman–Crippen MR) is 153 cm³/mol. The highest BCUT2D eigenvalue weighted by molar-refractivity contribution is 5.69. The third-order valence-corrected chi connectivity index (χ3v) is 6.99. The summed E-state index contributed by atoms with van der Waals surface area (Å²) in [6.07, 6.45) is 32.5. The van der Waals surface area contributed by atoms with Crippen LogP contribution in [0.25, 0.3) is 0 Å². The molecule has 0 aliphatic heterocycles. The molecule has 0 fully saturated rings. The van der Waals surface area contributed by atoms with Gasteiger partial charge in [0.2, 0.25) is 0 Å². The fraction of sp³-hybridized carbons (Fsp3) is 0.875. The summed E-state index contributed by atoms with van der Waals surface area (Å²) in [5.41, 5.74) is 0. The minimum absolute atomic E-state index is 0.0123. The zero-order chi connectivity index (χ0) is 26.5. The molecule has 0 rings (SSSR count). The van der Waals surface area contributed by atoms with Crippen LogP contribution in [0.4, 0.5) is 0 Å². The first-order chi connectivity index (χ1) is 17.6. The van der Waals surface area contributed by atoms with Gasteiger partial charge in [0.15, 0.2) is 0 Å². The van der Waals surface area contributed by atoms with Crippen LogP contribution >= 0.6 is 0 Å². The largest absolute Gasteiger partial charge is 0.481 e. The summed E-state index contributed by atoms with van der Waals surface area (Å²) in [5.74, 6) is -0.664. The van der Waals surface area contributed by atoms with E-state index in [1.54, 1.807) is 0 Å². The van der Waals surface area contributed by atoms with Crippen LogP contribution in [0, 0.1) is 0 Å². The van der Waals surface area contributed by atoms with Crippen LogP contribution in [-0.4, -0.2) is 23.1 Å². The molecule has 1 N–H and O–H groups in total. The van der Waals surface area contributed by atoms with Gasteiger partial charge in [0.05, 0.1) is 0 Å². The number of allylic oxidation sites excluding steroid dienone is 2. The molecule has 1 unspecified atom stereocenters. The van der Waals surface area contributed by atoms with Crippen LogP contribution in [0.3, 0.4) is 0 Å². The van der Waals surface area contributed by atoms with E-state index in [1.807, 2.05) is 0 Å². The number of unbranched alkanes of at least 4 members (excludes halogenated alkanes) is 17. The summed E-state index contributed by atoms with van der Waals surface area (Å²) in [5, 5.41) is 8.65. The van der Waals surface area contributed by atoms with E-state index in [0.29, 0.717) is 12.8 Å². The first kappa shape index (κ1) is 34.7. The normalized spacial score (nSPS) is 12.3. The van der Waals surface area contributed by atoms with Crippen LogP contribution < -0.4 is 0 Å². The molecule has 36 heavy (non-hydrogen) atoms. The van der Waals surface area contributed by atoms with Gasteiger partial charge >= 0.3 is 11.9 Å². The smallest absolute Gasteiger partial charge is 0.306 e. The van der Waals surface area contributed by atoms with Crippen molar-refractivity contribution in [3.05, 3.63) is 12.2 Å². The number of hydrogen-bond acceptors (Lipinski definition) is 3. The van der Waals surface area contributed by atoms with Crippen molar-refractivity contribution in [2.45, 2.75) is 180 Å². The highest BCUT2D eigenvalue weighted by Crippen LogP contribution is 2.17. The van der Waals surface area contributed by atoms with E-state index in [2.05, 4.69) is 26.0 Å². The highest BCUT2D eigenvalue weighted by atomic mass is 16.5. The van der Waals surface area contributed by atoms with E-state index in [9.17, 15) is 9.59 Å². The van der Waals surface area contributed by atoms with Crippen molar-refractivity contribution in [2.75, 3.05) is 0 Å². The standard InChI is InChI=1S/C32H60O4/c1-3-5-7-8-9-10-11-16-19-22-25-29-32(35)36-30(26-6-4-2)27-23-20-17-14-12-13-15-18-21-24-28-31(33)34/h8-9,30H,3-7,10-29H2,1-2H3,(H,33,34)/b9-8-. The van der Waals surface area contributed by atoms with Crippen molar-refractivity contribution in [3.8, 4) is 0 Å². The molecule has 0 bridgehead atoms. The molecule has 0 radical (unpaired) electrons. The zero-order valence-corrected chi connectivity index (χ0v) is 24.1. The first-order valence-electron chi connectivity index (χ1n) is 15.7. The summed E-state index contributed by atoms with van der Waals surface area (Å²) in [4.78, 5) is 22.8. The molecule has 1 atom stereocenters. The molecule has 4 nitrogen and oxygen atoms in total. The Morgan fingerprint density at radius 1 is 0.583 bits per heavy atom. The van der Waals surface area contributed by atoms with Crippen molar-refractivity contribution in [3.63, 3.8) is 0 Å². The lowest BCUT2D eigenvalue weighted by Gasteiger charge is -2.18. The molecule has 0 aromatic heterocycles. The summed E-state index contributed by atoms with van der Waals surface area (Å²) >= 11 is 0. The quantitative estimate of drug-likeness (QED) is 0.0648. The van der Waals surface area contributed by atoms with Gasteiger partial charge in [0, 0.05) is 12.8 Å². The lowest BCUT2D eigenvalue weighted by Crippen LogP contribution is -2.18. The van der Waals surface area contributed by atoms with Gasteiger partial charge in [0.25, 0.3) is 0 Å². The van der Waals surface area contributed by atoms with Crippen LogP contribution in [0.2, 0.25) is 0 Å². The second-order valence-electron chi connectivity index (χ2n) is 10.6. The number of carboxylic acid groups (broad SMARTS) is 1. The van der Waals surface area contributed by atoms with Gasteiger partial charge < -0.3 is 9.84 Å². The van der Waals surface area contributed by atoms with Crippen molar-refractivity contribution in [2.24, 2.45) is 0 Å². The molecule has 0 aliphatic rings. The van der Waals surface area contributed by atoms with Gasteiger partial charge in [-0.2, -0.15) is 0 Å². The topological polar surface area (TPSA) is 63.6 Å². The van der Waals surface area contributed by atoms with Gasteiger partial charge in [0.1, 0.15) is 6.10 Å². The van der Waals surface area contributed by atoms with Gasteiger partial charge in [-0.05, 0) is 51.4 Å². The van der Waals surface area contributed by atoms with Gasteiger partial charge in [-0.3, -0.25) is 9.59 Å². The minimum atomic E-state index is -0.677. The molecule has 0 saturated carbocycles. The van der Waals surface area contributed by atoms with Gasteiger partial charge in [-0.15, -0.1) is 0 Å². The number of hydrogen-bond donors (Lipinski definition) is 1. The van der Waals surface area contributed by atoms with E-state index in [-0.39, 0.29) is 12.1 Å². The van der Waals surface area contributed by atoms with Gasteiger partial charge in [-0.25, -0.2) is 0 Å². The molecule has 0 amide bonds. The molecule has 0 heterocycles. The third-order valence-electron chi connectivity index (χ3n) is 6.99. The molecular formula is C32H60O4. The number of carbonyl (C=O) groups is 2. The summed E-state index contributed by atoms with van der Waals surface area (Å²) in [6.45, 7) is 4.44. The predicted octanol–water partition coefficient (Wildman–Crippen LogP) is 10.3. The maximum absolute atomic E-state index is 12.4. The monoisotopic (exact) mass is 508 g/mol. The summed E-state index contributed by atoms with van der Waals surface area (Å²) in [7, 11) is 0. The second-order valence-corrected chi connectivity index (χ2v) is 10.6. The SMILES string of the molecule is CCCC/C=C\CCCCCCCC(=O)OC(CCCC)CCCCCCCCCCCCC(=O)O. The number of ether oxygens (including phenoxy) is 1. The maximum atomic E-state index is 12.4. The molecule has 0 spiro atoms. The lowest BCUT2D eigenvalue weighted by molar-refractivity contribution is -0.150. The highest BCUT2D eigenvalue weighted by Gasteiger charge is 2.13. The Kier molecular flexibility index (Phi) is 27.2. The number of aliphatic carboxylic acids is 1. The van der Waals surface area contributed by atoms with Crippen LogP contribution in [0.15, 0.2) is 12.2 Å². The van der Waals surface area contributed by atoms with Crippen molar-refractivity contribution in [1.82, 2.24) is 0 Å². The van der Waals surface area contributed by atoms with Crippen LogP contribution in [0.5, 0.6) is 0 Å². The van der Waals surface area contributed by atoms with E-state index in [1.165, 1.54) is 83.5 Å². The van der Waals surface area contributed by atoms with Crippen LogP contribution in [-0.2, 0) is 14.3 Å². The average Bonchev–Trinajstić information content (AvgIpc) is 2.86. The van der Waals surface area contributed by atoms with Crippen molar-refractivity contribution >= 4 is 11.9 Å². The Hall–Kier alpha value is -1.32. The van der Waals surface area contributed by atoms with Crippen molar-refractivity contribution < 1.29 is 19.4 Å². The van der Waals surface area contributed by atoms with E-state index in [0.717, 1.165) is 64.2 Å². The Morgan fingerprint density at radius 2 is 1.03 bits per heavy atom. The van der Waals surface area contributed by atoms with E-state index >= 15 is 0 Å². The zero-order valence-electron chi connectivity index (χ0n) is 24.1. The second kappa shape index (κ2) is 28.3. The molecule has 0 aromatic rings. The van der Waals surface area contributed by atoms with Crippen molar-refractivity contribution in [1.29, 1.82) is 0 Å². The fourth-order valence-corrected chi connectivity index (χ4v) is 4.62. The molecule has 4 heteroatoms. The maximum Gasteiger partial charge on any atom is 0.306 e. The lowest BCUT2D eigenvalue weighted by atomic mass is 10.0. The Balaban J connectivity index is 3.70. The number of carbonyl (C=O) groups excluding carboxylic acids is 1. The van der Waals surface area contributed by atoms with E-state index in [4.69, 9.17) is 9.84 Å². The fourth-order valence-electron chi connectivity index (χ4n) is 4.62. The Bertz CT molecular complexity index is 514. The summed E-state index contributed by atoms with van der Waals surface area (Å²) in [6, 6.07) is 0. The summed E-state index contributed by atoms with van der Waals surface area (Å²) < 4.78 is 5.87. The number of rotatable bonds is 28. The number of esters is 1. The first-order valence-corrected chi connectivity index (χ1v) is 15.7. The molecule has 212 valence electrons. The molecule has 0 aromatic carbocycles. The Morgan fingerprint density at radius 3 is 1.58 bits per heavy atom. The van der Waals surface area contributed by atoms with Crippen LogP contribution in [0.1, 0.15) is 174 Å². The average molecular weight is 509 g/mol. The van der Waals surface area contributed by atoms with E-state index < -0.39 is 5.97 Å².